The number of benzene rings is 2. The van der Waals surface area contributed by atoms with Crippen molar-refractivity contribution in [3.05, 3.63) is 91.2 Å². The molecular formula is C19H16N4O6. The highest BCUT2D eigenvalue weighted by Crippen LogP contribution is 2.37. The Kier molecular flexibility index (Phi) is 5.35. The van der Waals surface area contributed by atoms with E-state index < -0.39 is 21.9 Å². The van der Waals surface area contributed by atoms with Gasteiger partial charge in [0, 0.05) is 29.5 Å². The molecule has 2 aromatic carbocycles. The number of nitrogens with zero attached hydrogens (tertiary/aromatic N) is 3. The highest BCUT2D eigenvalue weighted by atomic mass is 16.6. The largest absolute Gasteiger partial charge is 0.466 e. The number of hydrogen-bond donors (Lipinski definition) is 1. The number of nitro benzene ring substituents is 2. The van der Waals surface area contributed by atoms with E-state index in [0.29, 0.717) is 11.3 Å². The lowest BCUT2D eigenvalue weighted by Crippen LogP contribution is -2.32. The number of methoxy groups -OCH3 is 1. The quantitative estimate of drug-likeness (QED) is 0.466. The lowest BCUT2D eigenvalue weighted by atomic mass is 9.94. The van der Waals surface area contributed by atoms with E-state index >= 15 is 0 Å². The first-order chi connectivity index (χ1) is 13.8. The van der Waals surface area contributed by atoms with Crippen LogP contribution in [0.5, 0.6) is 0 Å². The third-order valence-electron chi connectivity index (χ3n) is 4.41. The Morgan fingerprint density at radius 2 is 1.83 bits per heavy atom. The van der Waals surface area contributed by atoms with E-state index in [1.165, 1.54) is 43.5 Å². The van der Waals surface area contributed by atoms with Gasteiger partial charge in [0.25, 0.3) is 11.4 Å². The summed E-state index contributed by atoms with van der Waals surface area (Å²) in [5.74, 6) is -0.429. The predicted molar refractivity (Wildman–Crippen MR) is 103 cm³/mol. The van der Waals surface area contributed by atoms with Gasteiger partial charge in [0.1, 0.15) is 11.9 Å². The SMILES string of the molecule is COC(=O)C1=C(C)NC(c2cccc([N+](=O)[O-])c2)=NC1c1ccccc1[N+](=O)[O-]. The first-order valence-corrected chi connectivity index (χ1v) is 8.45. The molecule has 1 heterocycles. The molecule has 0 saturated heterocycles. The molecule has 0 aliphatic carbocycles. The van der Waals surface area contributed by atoms with Crippen molar-refractivity contribution in [2.24, 2.45) is 4.99 Å². The Balaban J connectivity index is 2.19. The van der Waals surface area contributed by atoms with Crippen LogP contribution in [0.3, 0.4) is 0 Å². The highest BCUT2D eigenvalue weighted by molar-refractivity contribution is 6.04. The maximum absolute atomic E-state index is 12.4. The standard InChI is InChI=1S/C19H16N4O6/c1-11-16(19(24)29-2)17(14-8-3-4-9-15(14)23(27)28)21-18(20-11)12-6-5-7-13(10-12)22(25)26/h3-10,17H,1-2H3,(H,20,21). The molecule has 1 aliphatic rings. The molecule has 1 unspecified atom stereocenters. The van der Waals surface area contributed by atoms with Gasteiger partial charge in [-0.05, 0) is 13.0 Å². The minimum absolute atomic E-state index is 0.121. The number of carbonyl (C=O) groups excluding carboxylic acids is 1. The highest BCUT2D eigenvalue weighted by Gasteiger charge is 2.34. The zero-order valence-corrected chi connectivity index (χ0v) is 15.5. The maximum Gasteiger partial charge on any atom is 0.338 e. The summed E-state index contributed by atoms with van der Waals surface area (Å²) in [4.78, 5) is 38.4. The fourth-order valence-corrected chi connectivity index (χ4v) is 3.07. The van der Waals surface area contributed by atoms with Crippen molar-refractivity contribution in [1.82, 2.24) is 5.32 Å². The van der Waals surface area contributed by atoms with Crippen LogP contribution in [0.1, 0.15) is 24.1 Å². The lowest BCUT2D eigenvalue weighted by Gasteiger charge is -2.25. The van der Waals surface area contributed by atoms with Crippen LogP contribution < -0.4 is 5.32 Å². The molecule has 0 bridgehead atoms. The molecular weight excluding hydrogens is 380 g/mol. The predicted octanol–water partition coefficient (Wildman–Crippen LogP) is 3.04. The average Bonchev–Trinajstić information content (AvgIpc) is 2.72. The molecule has 1 N–H and O–H groups in total. The number of aliphatic imine (C=N–C) groups is 1. The van der Waals surface area contributed by atoms with Gasteiger partial charge in [-0.25, -0.2) is 4.79 Å². The van der Waals surface area contributed by atoms with E-state index in [-0.39, 0.29) is 28.3 Å². The lowest BCUT2D eigenvalue weighted by molar-refractivity contribution is -0.385. The van der Waals surface area contributed by atoms with Gasteiger partial charge in [-0.2, -0.15) is 0 Å². The number of amidine groups is 1. The normalized spacial score (nSPS) is 15.9. The molecule has 3 rings (SSSR count). The zero-order valence-electron chi connectivity index (χ0n) is 15.5. The van der Waals surface area contributed by atoms with Crippen molar-refractivity contribution in [3.63, 3.8) is 0 Å². The topological polar surface area (TPSA) is 137 Å². The summed E-state index contributed by atoms with van der Waals surface area (Å²) in [6.07, 6.45) is 0. The van der Waals surface area contributed by atoms with Crippen molar-refractivity contribution in [2.45, 2.75) is 13.0 Å². The Morgan fingerprint density at radius 3 is 2.48 bits per heavy atom. The molecule has 0 fully saturated rings. The summed E-state index contributed by atoms with van der Waals surface area (Å²) < 4.78 is 4.84. The van der Waals surface area contributed by atoms with Crippen LogP contribution in [0.15, 0.2) is 64.8 Å². The number of ether oxygens (including phenoxy) is 1. The third-order valence-corrected chi connectivity index (χ3v) is 4.41. The fourth-order valence-electron chi connectivity index (χ4n) is 3.07. The monoisotopic (exact) mass is 396 g/mol. The van der Waals surface area contributed by atoms with Crippen molar-refractivity contribution in [1.29, 1.82) is 0 Å². The van der Waals surface area contributed by atoms with E-state index in [1.54, 1.807) is 19.1 Å². The summed E-state index contributed by atoms with van der Waals surface area (Å²) in [6.45, 7) is 1.61. The van der Waals surface area contributed by atoms with Crippen LogP contribution in [0.4, 0.5) is 11.4 Å². The van der Waals surface area contributed by atoms with E-state index in [9.17, 15) is 25.0 Å². The minimum atomic E-state index is -1.01. The summed E-state index contributed by atoms with van der Waals surface area (Å²) >= 11 is 0. The number of non-ortho nitro benzene ring substituents is 1. The van der Waals surface area contributed by atoms with Gasteiger partial charge in [0.2, 0.25) is 0 Å². The number of hydrogen-bond acceptors (Lipinski definition) is 8. The number of nitro groups is 2. The zero-order chi connectivity index (χ0) is 21.1. The van der Waals surface area contributed by atoms with Gasteiger partial charge in [-0.15, -0.1) is 0 Å². The number of nitrogens with one attached hydrogen (secondary N) is 1. The minimum Gasteiger partial charge on any atom is -0.466 e. The number of esters is 1. The van der Waals surface area contributed by atoms with Gasteiger partial charge < -0.3 is 10.1 Å². The molecule has 0 saturated carbocycles. The van der Waals surface area contributed by atoms with Crippen LogP contribution >= 0.6 is 0 Å². The number of allylic oxidation sites excluding steroid dienone is 1. The van der Waals surface area contributed by atoms with Crippen LogP contribution in [0.25, 0.3) is 0 Å². The van der Waals surface area contributed by atoms with Crippen LogP contribution in [-0.2, 0) is 9.53 Å². The second-order valence-corrected chi connectivity index (χ2v) is 6.16. The summed E-state index contributed by atoms with van der Waals surface area (Å²) in [5.41, 5.74) is 0.797. The number of para-hydroxylation sites is 1. The summed E-state index contributed by atoms with van der Waals surface area (Å²) in [5, 5.41) is 25.5. The van der Waals surface area contributed by atoms with E-state index in [4.69, 9.17) is 4.74 Å². The third kappa shape index (κ3) is 3.81. The van der Waals surface area contributed by atoms with Gasteiger partial charge in [0.15, 0.2) is 0 Å². The van der Waals surface area contributed by atoms with Gasteiger partial charge in [-0.3, -0.25) is 25.2 Å². The molecule has 29 heavy (non-hydrogen) atoms. The summed E-state index contributed by atoms with van der Waals surface area (Å²) in [7, 11) is 1.21. The van der Waals surface area contributed by atoms with Crippen LogP contribution in [0, 0.1) is 20.2 Å². The van der Waals surface area contributed by atoms with E-state index in [1.807, 2.05) is 0 Å². The molecule has 0 aromatic heterocycles. The molecule has 0 amide bonds. The van der Waals surface area contributed by atoms with Crippen molar-refractivity contribution in [2.75, 3.05) is 7.11 Å². The van der Waals surface area contributed by atoms with Gasteiger partial charge in [-0.1, -0.05) is 24.3 Å². The van der Waals surface area contributed by atoms with E-state index in [0.717, 1.165) is 0 Å². The summed E-state index contributed by atoms with van der Waals surface area (Å²) in [6, 6.07) is 10.7. The Morgan fingerprint density at radius 1 is 1.10 bits per heavy atom. The number of carbonyl (C=O) groups is 1. The molecule has 0 radical (unpaired) electrons. The van der Waals surface area contributed by atoms with Crippen molar-refractivity contribution >= 4 is 23.2 Å². The molecule has 0 spiro atoms. The second-order valence-electron chi connectivity index (χ2n) is 6.16. The van der Waals surface area contributed by atoms with Crippen molar-refractivity contribution < 1.29 is 19.4 Å². The molecule has 10 nitrogen and oxygen atoms in total. The first kappa shape index (κ1) is 19.7. The van der Waals surface area contributed by atoms with Crippen molar-refractivity contribution in [3.8, 4) is 0 Å². The number of rotatable bonds is 5. The fraction of sp³-hybridized carbons (Fsp3) is 0.158. The first-order valence-electron chi connectivity index (χ1n) is 8.45. The molecule has 148 valence electrons. The van der Waals surface area contributed by atoms with E-state index in [2.05, 4.69) is 10.3 Å². The maximum atomic E-state index is 12.4. The Hall–Kier alpha value is -4.08. The van der Waals surface area contributed by atoms with Gasteiger partial charge in [0.05, 0.1) is 28.1 Å². The van der Waals surface area contributed by atoms with Gasteiger partial charge >= 0.3 is 5.97 Å². The Labute approximate surface area is 164 Å². The molecule has 10 heteroatoms. The van der Waals surface area contributed by atoms with Crippen LogP contribution in [-0.4, -0.2) is 28.8 Å². The molecule has 1 atom stereocenters. The average molecular weight is 396 g/mol. The smallest absolute Gasteiger partial charge is 0.338 e. The van der Waals surface area contributed by atoms with Crippen LogP contribution in [0.2, 0.25) is 0 Å². The Bertz CT molecular complexity index is 1080. The molecule has 1 aliphatic heterocycles. The second kappa shape index (κ2) is 7.89. The molecule has 2 aromatic rings.